The van der Waals surface area contributed by atoms with E-state index in [0.717, 1.165) is 12.8 Å². The molecule has 0 radical (unpaired) electrons. The van der Waals surface area contributed by atoms with Gasteiger partial charge in [0.05, 0.1) is 10.5 Å². The second-order valence-electron chi connectivity index (χ2n) is 7.16. The summed E-state index contributed by atoms with van der Waals surface area (Å²) >= 11 is 0. The van der Waals surface area contributed by atoms with Gasteiger partial charge in [0.2, 0.25) is 0 Å². The average molecular weight is 416 g/mol. The molecule has 0 unspecified atom stereocenters. The number of hydrogen-bond acceptors (Lipinski definition) is 5. The minimum Gasteiger partial charge on any atom is -0.452 e. The zero-order chi connectivity index (χ0) is 20.9. The van der Waals surface area contributed by atoms with E-state index >= 15 is 0 Å². The molecule has 0 aromatic heterocycles. The molecule has 2 aromatic rings. The van der Waals surface area contributed by atoms with Crippen LogP contribution in [0.3, 0.4) is 0 Å². The molecule has 154 valence electrons. The number of nitrogens with one attached hydrogen (secondary N) is 1. The third-order valence-electron chi connectivity index (χ3n) is 4.74. The van der Waals surface area contributed by atoms with E-state index in [1.54, 1.807) is 29.2 Å². The molecule has 8 heteroatoms. The van der Waals surface area contributed by atoms with Gasteiger partial charge in [0, 0.05) is 18.8 Å². The lowest BCUT2D eigenvalue weighted by Gasteiger charge is -2.30. The Balaban J connectivity index is 1.61. The monoisotopic (exact) mass is 416 g/mol. The van der Waals surface area contributed by atoms with Crippen LogP contribution >= 0.6 is 0 Å². The highest BCUT2D eigenvalue weighted by Gasteiger charge is 2.22. The van der Waals surface area contributed by atoms with E-state index in [1.807, 2.05) is 0 Å². The quantitative estimate of drug-likeness (QED) is 0.731. The topological polar surface area (TPSA) is 92.8 Å². The molecular weight excluding hydrogens is 392 g/mol. The summed E-state index contributed by atoms with van der Waals surface area (Å²) in [7, 11) is -3.76. The van der Waals surface area contributed by atoms with E-state index in [2.05, 4.69) is 11.6 Å². The first-order valence-corrected chi connectivity index (χ1v) is 11.0. The summed E-state index contributed by atoms with van der Waals surface area (Å²) in [6.07, 6.45) is 2.04. The number of anilines is 1. The number of piperidine rings is 1. The van der Waals surface area contributed by atoms with Crippen molar-refractivity contribution < 1.29 is 22.7 Å². The van der Waals surface area contributed by atoms with Gasteiger partial charge >= 0.3 is 5.97 Å². The minimum atomic E-state index is -3.76. The van der Waals surface area contributed by atoms with Crippen LogP contribution in [0.15, 0.2) is 59.5 Å². The number of hydrogen-bond donors (Lipinski definition) is 1. The van der Waals surface area contributed by atoms with Crippen LogP contribution in [-0.4, -0.2) is 44.9 Å². The number of carbonyl (C=O) groups is 2. The van der Waals surface area contributed by atoms with Gasteiger partial charge in [0.25, 0.3) is 15.9 Å². The molecule has 0 saturated carbocycles. The molecule has 1 amide bonds. The van der Waals surface area contributed by atoms with Crippen molar-refractivity contribution in [3.63, 3.8) is 0 Å². The maximum atomic E-state index is 12.4. The highest BCUT2D eigenvalue weighted by molar-refractivity contribution is 7.92. The van der Waals surface area contributed by atoms with Crippen molar-refractivity contribution in [2.45, 2.75) is 24.7 Å². The van der Waals surface area contributed by atoms with Crippen LogP contribution in [0.4, 0.5) is 5.69 Å². The summed E-state index contributed by atoms with van der Waals surface area (Å²) in [4.78, 5) is 26.4. The highest BCUT2D eigenvalue weighted by Crippen LogP contribution is 2.18. The van der Waals surface area contributed by atoms with Gasteiger partial charge in [-0.2, -0.15) is 0 Å². The molecule has 2 aromatic carbocycles. The SMILES string of the molecule is C[C@H]1CCCN(C(=O)COC(=O)c2cccc(NS(=O)(=O)c3ccccc3)c2)C1. The Morgan fingerprint density at radius 1 is 1.14 bits per heavy atom. The van der Waals surface area contributed by atoms with Crippen molar-refractivity contribution in [2.75, 3.05) is 24.4 Å². The number of amides is 1. The second-order valence-corrected chi connectivity index (χ2v) is 8.85. The Hall–Kier alpha value is -2.87. The van der Waals surface area contributed by atoms with Gasteiger partial charge < -0.3 is 9.64 Å². The zero-order valence-corrected chi connectivity index (χ0v) is 17.0. The number of sulfonamides is 1. The maximum Gasteiger partial charge on any atom is 0.338 e. The van der Waals surface area contributed by atoms with E-state index < -0.39 is 16.0 Å². The number of ether oxygens (including phenoxy) is 1. The predicted octanol–water partition coefficient (Wildman–Crippen LogP) is 2.90. The second kappa shape index (κ2) is 9.09. The molecule has 1 aliphatic rings. The van der Waals surface area contributed by atoms with Crippen LogP contribution in [0.2, 0.25) is 0 Å². The number of rotatable bonds is 6. The third-order valence-corrected chi connectivity index (χ3v) is 6.14. The lowest BCUT2D eigenvalue weighted by molar-refractivity contribution is -0.136. The average Bonchev–Trinajstić information content (AvgIpc) is 2.72. The van der Waals surface area contributed by atoms with Crippen LogP contribution < -0.4 is 4.72 Å². The number of esters is 1. The highest BCUT2D eigenvalue weighted by atomic mass is 32.2. The summed E-state index contributed by atoms with van der Waals surface area (Å²) in [5.41, 5.74) is 0.401. The van der Waals surface area contributed by atoms with Crippen LogP contribution in [0, 0.1) is 5.92 Å². The fraction of sp³-hybridized carbons (Fsp3) is 0.333. The molecule has 1 atom stereocenters. The molecule has 1 saturated heterocycles. The van der Waals surface area contributed by atoms with Crippen molar-refractivity contribution >= 4 is 27.6 Å². The Bertz CT molecular complexity index is 976. The smallest absolute Gasteiger partial charge is 0.338 e. The largest absolute Gasteiger partial charge is 0.452 e. The van der Waals surface area contributed by atoms with Gasteiger partial charge in [-0.1, -0.05) is 31.2 Å². The van der Waals surface area contributed by atoms with E-state index in [0.29, 0.717) is 19.0 Å². The maximum absolute atomic E-state index is 12.4. The zero-order valence-electron chi connectivity index (χ0n) is 16.2. The summed E-state index contributed by atoms with van der Waals surface area (Å²) in [6, 6.07) is 13.9. The first-order chi connectivity index (χ1) is 13.8. The van der Waals surface area contributed by atoms with E-state index in [4.69, 9.17) is 4.74 Å². The molecule has 7 nitrogen and oxygen atoms in total. The summed E-state index contributed by atoms with van der Waals surface area (Å²) in [5, 5.41) is 0. The fourth-order valence-electron chi connectivity index (χ4n) is 3.24. The van der Waals surface area contributed by atoms with Crippen molar-refractivity contribution in [1.82, 2.24) is 4.90 Å². The Morgan fingerprint density at radius 2 is 1.90 bits per heavy atom. The van der Waals surface area contributed by atoms with Crippen LogP contribution in [0.25, 0.3) is 0 Å². The standard InChI is InChI=1S/C21H24N2O5S/c1-16-7-6-12-23(14-16)20(24)15-28-21(25)17-8-5-9-18(13-17)22-29(26,27)19-10-3-2-4-11-19/h2-5,8-11,13,16,22H,6-7,12,14-15H2,1H3/t16-/m0/s1. The third kappa shape index (κ3) is 5.57. The Labute approximate surface area is 170 Å². The molecule has 1 N–H and O–H groups in total. The van der Waals surface area contributed by atoms with Crippen LogP contribution in [0.1, 0.15) is 30.1 Å². The number of nitrogens with zero attached hydrogens (tertiary/aromatic N) is 1. The van der Waals surface area contributed by atoms with Crippen molar-refractivity contribution in [3.8, 4) is 0 Å². The molecular formula is C21H24N2O5S. The summed E-state index contributed by atoms with van der Waals surface area (Å²) in [5.74, 6) is -0.451. The summed E-state index contributed by atoms with van der Waals surface area (Å²) in [6.45, 7) is 3.11. The van der Waals surface area contributed by atoms with Gasteiger partial charge in [-0.25, -0.2) is 13.2 Å². The van der Waals surface area contributed by atoms with E-state index in [9.17, 15) is 18.0 Å². The normalized spacial score (nSPS) is 16.9. The van der Waals surface area contributed by atoms with Crippen molar-refractivity contribution in [1.29, 1.82) is 0 Å². The van der Waals surface area contributed by atoms with Crippen LogP contribution in [0.5, 0.6) is 0 Å². The van der Waals surface area contributed by atoms with Crippen molar-refractivity contribution in [3.05, 3.63) is 60.2 Å². The van der Waals surface area contributed by atoms with Gasteiger partial charge in [-0.15, -0.1) is 0 Å². The minimum absolute atomic E-state index is 0.120. The van der Waals surface area contributed by atoms with Crippen LogP contribution in [-0.2, 0) is 19.6 Å². The first-order valence-electron chi connectivity index (χ1n) is 9.48. The van der Waals surface area contributed by atoms with Gasteiger partial charge in [-0.05, 0) is 49.1 Å². The molecule has 0 spiro atoms. The number of carbonyl (C=O) groups excluding carboxylic acids is 2. The fourth-order valence-corrected chi connectivity index (χ4v) is 4.31. The predicted molar refractivity (Wildman–Crippen MR) is 109 cm³/mol. The Kier molecular flexibility index (Phi) is 6.53. The molecule has 0 aliphatic carbocycles. The number of likely N-dealkylation sites (tertiary alicyclic amines) is 1. The molecule has 29 heavy (non-hydrogen) atoms. The van der Waals surface area contributed by atoms with Gasteiger partial charge in [-0.3, -0.25) is 9.52 Å². The van der Waals surface area contributed by atoms with Gasteiger partial charge in [0.1, 0.15) is 0 Å². The lowest BCUT2D eigenvalue weighted by Crippen LogP contribution is -2.41. The first kappa shape index (κ1) is 20.9. The molecule has 1 aliphatic heterocycles. The van der Waals surface area contributed by atoms with Crippen molar-refractivity contribution in [2.24, 2.45) is 5.92 Å². The lowest BCUT2D eigenvalue weighted by atomic mass is 10.0. The summed E-state index contributed by atoms with van der Waals surface area (Å²) < 4.78 is 32.4. The Morgan fingerprint density at radius 3 is 2.62 bits per heavy atom. The van der Waals surface area contributed by atoms with E-state index in [1.165, 1.54) is 30.3 Å². The molecule has 0 bridgehead atoms. The van der Waals surface area contributed by atoms with E-state index in [-0.39, 0.29) is 28.7 Å². The number of benzene rings is 2. The molecule has 1 heterocycles. The molecule has 3 rings (SSSR count). The molecule has 1 fully saturated rings. The van der Waals surface area contributed by atoms with Gasteiger partial charge in [0.15, 0.2) is 6.61 Å².